The minimum atomic E-state index is -5.08. The molecule has 0 unspecified atom stereocenters. The zero-order chi connectivity index (χ0) is 25.4. The summed E-state index contributed by atoms with van der Waals surface area (Å²) in [5, 5.41) is 13.3. The van der Waals surface area contributed by atoms with E-state index in [2.05, 4.69) is 24.5 Å². The zero-order valence-electron chi connectivity index (χ0n) is 19.2. The van der Waals surface area contributed by atoms with Crippen LogP contribution in [0.15, 0.2) is 36.4 Å². The summed E-state index contributed by atoms with van der Waals surface area (Å²) in [4.78, 5) is 36.6. The van der Waals surface area contributed by atoms with Gasteiger partial charge in [-0.1, -0.05) is 38.1 Å². The molecular formula is C23H30F3N3O5. The molecule has 1 saturated heterocycles. The van der Waals surface area contributed by atoms with Crippen molar-refractivity contribution in [2.75, 3.05) is 39.3 Å². The number of nitrogens with one attached hydrogen (secondary N) is 2. The van der Waals surface area contributed by atoms with Gasteiger partial charge in [-0.25, -0.2) is 4.79 Å². The molecule has 11 heteroatoms. The predicted molar refractivity (Wildman–Crippen MR) is 118 cm³/mol. The van der Waals surface area contributed by atoms with Gasteiger partial charge in [-0.2, -0.15) is 13.2 Å². The Hall–Kier alpha value is -3.08. The molecule has 1 aromatic carbocycles. The average molecular weight is 486 g/mol. The number of halogens is 3. The second-order valence-electron chi connectivity index (χ2n) is 8.57. The molecule has 2 amide bonds. The quantitative estimate of drug-likeness (QED) is 0.556. The van der Waals surface area contributed by atoms with Gasteiger partial charge in [0.2, 0.25) is 5.91 Å². The molecule has 2 aliphatic rings. The van der Waals surface area contributed by atoms with E-state index in [4.69, 9.17) is 14.6 Å². The lowest BCUT2D eigenvalue weighted by atomic mass is 9.77. The van der Waals surface area contributed by atoms with E-state index < -0.39 is 12.1 Å². The lowest BCUT2D eigenvalue weighted by Gasteiger charge is -2.44. The van der Waals surface area contributed by atoms with Crippen LogP contribution in [0.2, 0.25) is 0 Å². The first kappa shape index (κ1) is 27.2. The summed E-state index contributed by atoms with van der Waals surface area (Å²) in [6.07, 6.45) is -0.424. The second kappa shape index (κ2) is 11.9. The number of allylic oxidation sites excluding steroid dienone is 1. The van der Waals surface area contributed by atoms with E-state index in [0.29, 0.717) is 63.0 Å². The Morgan fingerprint density at radius 3 is 2.41 bits per heavy atom. The molecule has 2 heterocycles. The van der Waals surface area contributed by atoms with Crippen LogP contribution in [0.5, 0.6) is 5.75 Å². The fourth-order valence-corrected chi connectivity index (χ4v) is 3.56. The zero-order valence-corrected chi connectivity index (χ0v) is 19.2. The summed E-state index contributed by atoms with van der Waals surface area (Å²) in [6, 6.07) is 7.24. The number of aliphatic carboxylic acids is 1. The number of carbonyl (C=O) groups is 3. The van der Waals surface area contributed by atoms with E-state index in [1.165, 1.54) is 0 Å². The molecule has 0 saturated carbocycles. The molecule has 0 aliphatic carbocycles. The number of nitrogens with zero attached hydrogens (tertiary/aromatic N) is 1. The van der Waals surface area contributed by atoms with Gasteiger partial charge in [0.25, 0.3) is 5.91 Å². The Morgan fingerprint density at radius 2 is 1.85 bits per heavy atom. The molecule has 0 bridgehead atoms. The van der Waals surface area contributed by atoms with Crippen LogP contribution in [-0.4, -0.2) is 73.3 Å². The third-order valence-electron chi connectivity index (χ3n) is 5.30. The average Bonchev–Trinajstić information content (AvgIpc) is 2.73. The fourth-order valence-electron chi connectivity index (χ4n) is 3.56. The van der Waals surface area contributed by atoms with Crippen molar-refractivity contribution in [1.82, 2.24) is 15.5 Å². The smallest absolute Gasteiger partial charge is 0.489 e. The first-order valence-corrected chi connectivity index (χ1v) is 10.9. The van der Waals surface area contributed by atoms with Crippen LogP contribution < -0.4 is 15.4 Å². The molecule has 0 aromatic heterocycles. The van der Waals surface area contributed by atoms with Crippen LogP contribution in [0, 0.1) is 11.3 Å². The summed E-state index contributed by atoms with van der Waals surface area (Å²) in [6.45, 7) is 7.61. The van der Waals surface area contributed by atoms with Crippen LogP contribution in [0.25, 0.3) is 0 Å². The van der Waals surface area contributed by atoms with Crippen LogP contribution >= 0.6 is 0 Å². The standard InChI is InChI=1S/C21H29N3O3.C2HF3O2/c1-16(2)13-24-11-10-23-19(25)17-7-3-4-8-18(17)27-12-6-5-9-21(20(24)26)14-22-15-21;3-2(4,5)1(6)7/h3-8,16,22H,9-15H2,1-2H3,(H,23,25);(H,6,7)/b6-5+;. The number of hydrogen-bond acceptors (Lipinski definition) is 5. The SMILES string of the molecule is CC(C)CN1CCNC(=O)c2ccccc2OC/C=C/CC2(CNC2)C1=O.O=C(O)C(F)(F)F. The van der Waals surface area contributed by atoms with E-state index in [9.17, 15) is 22.8 Å². The number of rotatable bonds is 2. The van der Waals surface area contributed by atoms with Gasteiger partial charge in [-0.3, -0.25) is 9.59 Å². The topological polar surface area (TPSA) is 108 Å². The molecule has 3 rings (SSSR count). The Labute approximate surface area is 196 Å². The summed E-state index contributed by atoms with van der Waals surface area (Å²) in [5.74, 6) is -1.81. The fraction of sp³-hybridized carbons (Fsp3) is 0.522. The molecule has 3 N–H and O–H groups in total. The lowest BCUT2D eigenvalue weighted by molar-refractivity contribution is -0.192. The Bertz CT molecular complexity index is 898. The maximum Gasteiger partial charge on any atom is 0.490 e. The van der Waals surface area contributed by atoms with Gasteiger partial charge in [0.05, 0.1) is 11.0 Å². The van der Waals surface area contributed by atoms with Gasteiger partial charge < -0.3 is 25.4 Å². The lowest BCUT2D eigenvalue weighted by Crippen LogP contribution is -2.62. The minimum Gasteiger partial charge on any atom is -0.489 e. The second-order valence-corrected chi connectivity index (χ2v) is 8.57. The van der Waals surface area contributed by atoms with Crippen LogP contribution in [0.4, 0.5) is 13.2 Å². The van der Waals surface area contributed by atoms with Gasteiger partial charge >= 0.3 is 12.1 Å². The number of carbonyl (C=O) groups excluding carboxylic acids is 2. The molecule has 188 valence electrons. The Morgan fingerprint density at radius 1 is 1.21 bits per heavy atom. The van der Waals surface area contributed by atoms with Crippen molar-refractivity contribution in [3.05, 3.63) is 42.0 Å². The van der Waals surface area contributed by atoms with Crippen molar-refractivity contribution in [1.29, 1.82) is 0 Å². The van der Waals surface area contributed by atoms with Crippen molar-refractivity contribution >= 4 is 17.8 Å². The number of carboxylic acid groups (broad SMARTS) is 1. The minimum absolute atomic E-state index is 0.173. The molecule has 2 aliphatic heterocycles. The number of para-hydroxylation sites is 1. The van der Waals surface area contributed by atoms with Gasteiger partial charge in [-0.05, 0) is 24.5 Å². The summed E-state index contributed by atoms with van der Waals surface area (Å²) in [7, 11) is 0. The Kier molecular flexibility index (Phi) is 9.48. The number of hydrogen-bond donors (Lipinski definition) is 3. The third kappa shape index (κ3) is 7.47. The maximum atomic E-state index is 13.2. The highest BCUT2D eigenvalue weighted by atomic mass is 19.4. The van der Waals surface area contributed by atoms with Crippen molar-refractivity contribution < 1.29 is 37.4 Å². The molecule has 0 radical (unpaired) electrons. The van der Waals surface area contributed by atoms with E-state index in [1.807, 2.05) is 29.2 Å². The highest BCUT2D eigenvalue weighted by molar-refractivity contribution is 5.97. The van der Waals surface area contributed by atoms with Crippen molar-refractivity contribution in [3.63, 3.8) is 0 Å². The molecular weight excluding hydrogens is 455 g/mol. The molecule has 34 heavy (non-hydrogen) atoms. The predicted octanol–water partition coefficient (Wildman–Crippen LogP) is 2.46. The largest absolute Gasteiger partial charge is 0.490 e. The molecule has 1 fully saturated rings. The highest BCUT2D eigenvalue weighted by Crippen LogP contribution is 2.31. The van der Waals surface area contributed by atoms with Crippen molar-refractivity contribution in [3.8, 4) is 5.75 Å². The number of amides is 2. The van der Waals surface area contributed by atoms with E-state index in [-0.39, 0.29) is 17.2 Å². The van der Waals surface area contributed by atoms with E-state index in [0.717, 1.165) is 0 Å². The van der Waals surface area contributed by atoms with Crippen LogP contribution in [-0.2, 0) is 9.59 Å². The summed E-state index contributed by atoms with van der Waals surface area (Å²) < 4.78 is 37.5. The van der Waals surface area contributed by atoms with E-state index >= 15 is 0 Å². The number of benzene rings is 1. The molecule has 0 atom stereocenters. The number of carboxylic acids is 1. The molecule has 1 spiro atoms. The summed E-state index contributed by atoms with van der Waals surface area (Å²) >= 11 is 0. The monoisotopic (exact) mass is 485 g/mol. The third-order valence-corrected chi connectivity index (χ3v) is 5.30. The van der Waals surface area contributed by atoms with Gasteiger partial charge in [0.1, 0.15) is 12.4 Å². The number of ether oxygens (including phenoxy) is 1. The maximum absolute atomic E-state index is 13.2. The van der Waals surface area contributed by atoms with Crippen molar-refractivity contribution in [2.24, 2.45) is 11.3 Å². The van der Waals surface area contributed by atoms with E-state index in [1.54, 1.807) is 12.1 Å². The van der Waals surface area contributed by atoms with Gasteiger partial charge in [-0.15, -0.1) is 0 Å². The normalized spacial score (nSPS) is 19.5. The Balaban J connectivity index is 0.000000509. The highest BCUT2D eigenvalue weighted by Gasteiger charge is 2.45. The number of alkyl halides is 3. The first-order chi connectivity index (χ1) is 16.0. The van der Waals surface area contributed by atoms with Gasteiger partial charge in [0.15, 0.2) is 0 Å². The van der Waals surface area contributed by atoms with Crippen LogP contribution in [0.1, 0.15) is 30.6 Å². The number of fused-ring (bicyclic) bond motifs is 1. The van der Waals surface area contributed by atoms with Crippen LogP contribution in [0.3, 0.4) is 0 Å². The van der Waals surface area contributed by atoms with Gasteiger partial charge in [0, 0.05) is 32.7 Å². The first-order valence-electron chi connectivity index (χ1n) is 10.9. The summed E-state index contributed by atoms with van der Waals surface area (Å²) in [5.41, 5.74) is 0.140. The van der Waals surface area contributed by atoms with Crippen molar-refractivity contribution in [2.45, 2.75) is 26.4 Å². The molecule has 1 aromatic rings. The molecule has 8 nitrogen and oxygen atoms in total.